The summed E-state index contributed by atoms with van der Waals surface area (Å²) in [5, 5.41) is 0. The second-order valence-electron chi connectivity index (χ2n) is 5.80. The van der Waals surface area contributed by atoms with Crippen LogP contribution in [0.4, 0.5) is 0 Å². The first-order chi connectivity index (χ1) is 10.3. The lowest BCUT2D eigenvalue weighted by molar-refractivity contribution is -0.148. The Labute approximate surface area is 126 Å². The Morgan fingerprint density at radius 3 is 2.81 bits per heavy atom. The summed E-state index contributed by atoms with van der Waals surface area (Å²) in [5.74, 6) is 0.153. The lowest BCUT2D eigenvalue weighted by Gasteiger charge is -2.34. The second-order valence-corrected chi connectivity index (χ2v) is 5.80. The molecule has 0 N–H and O–H groups in total. The van der Waals surface area contributed by atoms with E-state index in [0.717, 1.165) is 32.3 Å². The molecule has 2 aliphatic heterocycles. The van der Waals surface area contributed by atoms with Gasteiger partial charge in [-0.3, -0.25) is 4.79 Å². The van der Waals surface area contributed by atoms with Gasteiger partial charge in [0.15, 0.2) is 0 Å². The number of rotatable bonds is 4. The molecule has 2 fully saturated rings. The SMILES string of the molecule is O=C([C@@H]1CCCO1)N1CCO[C@@H](CCc2ccccc2)C1. The fourth-order valence-corrected chi connectivity index (χ4v) is 3.04. The molecule has 0 aromatic heterocycles. The van der Waals surface area contributed by atoms with Gasteiger partial charge < -0.3 is 14.4 Å². The number of morpholine rings is 1. The van der Waals surface area contributed by atoms with Crippen molar-refractivity contribution >= 4 is 5.91 Å². The van der Waals surface area contributed by atoms with Gasteiger partial charge >= 0.3 is 0 Å². The molecule has 0 unspecified atom stereocenters. The van der Waals surface area contributed by atoms with Gasteiger partial charge in [0.05, 0.1) is 12.7 Å². The van der Waals surface area contributed by atoms with E-state index in [1.807, 2.05) is 11.0 Å². The first kappa shape index (κ1) is 14.5. The molecule has 2 atom stereocenters. The van der Waals surface area contributed by atoms with Gasteiger partial charge in [-0.1, -0.05) is 30.3 Å². The Hall–Kier alpha value is -1.39. The van der Waals surface area contributed by atoms with E-state index in [-0.39, 0.29) is 18.1 Å². The molecule has 2 aliphatic rings. The van der Waals surface area contributed by atoms with Crippen molar-refractivity contribution in [1.29, 1.82) is 0 Å². The van der Waals surface area contributed by atoms with E-state index in [1.165, 1.54) is 5.56 Å². The highest BCUT2D eigenvalue weighted by Crippen LogP contribution is 2.18. The van der Waals surface area contributed by atoms with Crippen LogP contribution >= 0.6 is 0 Å². The molecule has 0 aliphatic carbocycles. The van der Waals surface area contributed by atoms with Gasteiger partial charge in [0.25, 0.3) is 5.91 Å². The number of benzene rings is 1. The third-order valence-corrected chi connectivity index (χ3v) is 4.25. The summed E-state index contributed by atoms with van der Waals surface area (Å²) in [7, 11) is 0. The zero-order valence-electron chi connectivity index (χ0n) is 12.4. The third-order valence-electron chi connectivity index (χ3n) is 4.25. The minimum absolute atomic E-state index is 0.143. The highest BCUT2D eigenvalue weighted by Gasteiger charge is 2.31. The van der Waals surface area contributed by atoms with Crippen LogP contribution in [0.5, 0.6) is 0 Å². The summed E-state index contributed by atoms with van der Waals surface area (Å²) >= 11 is 0. The lowest BCUT2D eigenvalue weighted by atomic mass is 10.1. The molecule has 2 saturated heterocycles. The van der Waals surface area contributed by atoms with Crippen LogP contribution in [0.15, 0.2) is 30.3 Å². The van der Waals surface area contributed by atoms with Crippen molar-refractivity contribution in [3.8, 4) is 0 Å². The van der Waals surface area contributed by atoms with Crippen molar-refractivity contribution in [3.63, 3.8) is 0 Å². The zero-order chi connectivity index (χ0) is 14.5. The lowest BCUT2D eigenvalue weighted by Crippen LogP contribution is -2.49. The van der Waals surface area contributed by atoms with Crippen LogP contribution < -0.4 is 0 Å². The predicted molar refractivity (Wildman–Crippen MR) is 80.1 cm³/mol. The molecule has 2 heterocycles. The number of hydrogen-bond donors (Lipinski definition) is 0. The molecule has 0 spiro atoms. The van der Waals surface area contributed by atoms with Crippen molar-refractivity contribution in [1.82, 2.24) is 4.90 Å². The number of amides is 1. The van der Waals surface area contributed by atoms with Crippen LogP contribution in [0, 0.1) is 0 Å². The molecular weight excluding hydrogens is 266 g/mol. The Bertz CT molecular complexity index is 456. The van der Waals surface area contributed by atoms with E-state index in [1.54, 1.807) is 0 Å². The minimum Gasteiger partial charge on any atom is -0.375 e. The van der Waals surface area contributed by atoms with E-state index >= 15 is 0 Å². The summed E-state index contributed by atoms with van der Waals surface area (Å²) < 4.78 is 11.3. The van der Waals surface area contributed by atoms with Gasteiger partial charge in [0, 0.05) is 19.7 Å². The van der Waals surface area contributed by atoms with Gasteiger partial charge in [0.2, 0.25) is 0 Å². The normalized spacial score (nSPS) is 26.0. The molecule has 1 aromatic rings. The molecule has 3 rings (SSSR count). The maximum atomic E-state index is 12.4. The molecule has 1 aromatic carbocycles. The van der Waals surface area contributed by atoms with Gasteiger partial charge in [-0.25, -0.2) is 0 Å². The fourth-order valence-electron chi connectivity index (χ4n) is 3.04. The van der Waals surface area contributed by atoms with Gasteiger partial charge in [-0.2, -0.15) is 0 Å². The topological polar surface area (TPSA) is 38.8 Å². The summed E-state index contributed by atoms with van der Waals surface area (Å²) in [4.78, 5) is 14.3. The van der Waals surface area contributed by atoms with Crippen molar-refractivity contribution in [3.05, 3.63) is 35.9 Å². The van der Waals surface area contributed by atoms with E-state index in [9.17, 15) is 4.79 Å². The Balaban J connectivity index is 1.49. The fraction of sp³-hybridized carbons (Fsp3) is 0.588. The second kappa shape index (κ2) is 7.05. The predicted octanol–water partition coefficient (Wildman–Crippen LogP) is 2.03. The molecule has 0 radical (unpaired) electrons. The molecule has 0 saturated carbocycles. The average Bonchev–Trinajstić information content (AvgIpc) is 3.08. The van der Waals surface area contributed by atoms with Gasteiger partial charge in [-0.05, 0) is 31.2 Å². The molecule has 1 amide bonds. The van der Waals surface area contributed by atoms with Crippen LogP contribution in [0.2, 0.25) is 0 Å². The van der Waals surface area contributed by atoms with Gasteiger partial charge in [-0.15, -0.1) is 0 Å². The monoisotopic (exact) mass is 289 g/mol. The zero-order valence-corrected chi connectivity index (χ0v) is 12.4. The van der Waals surface area contributed by atoms with E-state index < -0.39 is 0 Å². The quantitative estimate of drug-likeness (QED) is 0.851. The third kappa shape index (κ3) is 3.83. The Kier molecular flexibility index (Phi) is 4.88. The van der Waals surface area contributed by atoms with Crippen molar-refractivity contribution < 1.29 is 14.3 Å². The number of hydrogen-bond acceptors (Lipinski definition) is 3. The minimum atomic E-state index is -0.210. The first-order valence-corrected chi connectivity index (χ1v) is 7.89. The number of carbonyl (C=O) groups is 1. The van der Waals surface area contributed by atoms with E-state index in [4.69, 9.17) is 9.47 Å². The van der Waals surface area contributed by atoms with Crippen molar-refractivity contribution in [2.75, 3.05) is 26.3 Å². The number of aryl methyl sites for hydroxylation is 1. The number of nitrogens with zero attached hydrogens (tertiary/aromatic N) is 1. The van der Waals surface area contributed by atoms with Crippen LogP contribution in [0.25, 0.3) is 0 Å². The number of ether oxygens (including phenoxy) is 2. The van der Waals surface area contributed by atoms with Crippen molar-refractivity contribution in [2.45, 2.75) is 37.9 Å². The standard InChI is InChI=1S/C17H23NO3/c19-17(16-7-4-11-21-16)18-10-12-20-15(13-18)9-8-14-5-2-1-3-6-14/h1-3,5-6,15-16H,4,7-13H2/t15-,16-/m0/s1. The molecule has 4 heteroatoms. The smallest absolute Gasteiger partial charge is 0.251 e. The highest BCUT2D eigenvalue weighted by molar-refractivity contribution is 5.81. The molecule has 114 valence electrons. The Morgan fingerprint density at radius 2 is 2.05 bits per heavy atom. The highest BCUT2D eigenvalue weighted by atomic mass is 16.5. The summed E-state index contributed by atoms with van der Waals surface area (Å²) in [6.45, 7) is 2.75. The van der Waals surface area contributed by atoms with Crippen LogP contribution in [0.1, 0.15) is 24.8 Å². The number of carbonyl (C=O) groups excluding carboxylic acids is 1. The molecule has 4 nitrogen and oxygen atoms in total. The Morgan fingerprint density at radius 1 is 1.19 bits per heavy atom. The van der Waals surface area contributed by atoms with Crippen molar-refractivity contribution in [2.24, 2.45) is 0 Å². The molecular formula is C17H23NO3. The maximum absolute atomic E-state index is 12.4. The van der Waals surface area contributed by atoms with E-state index in [2.05, 4.69) is 24.3 Å². The molecule has 21 heavy (non-hydrogen) atoms. The maximum Gasteiger partial charge on any atom is 0.251 e. The van der Waals surface area contributed by atoms with Crippen LogP contribution in [0.3, 0.4) is 0 Å². The average molecular weight is 289 g/mol. The molecule has 0 bridgehead atoms. The summed E-state index contributed by atoms with van der Waals surface area (Å²) in [5.41, 5.74) is 1.32. The van der Waals surface area contributed by atoms with Crippen LogP contribution in [-0.2, 0) is 20.7 Å². The van der Waals surface area contributed by atoms with E-state index in [0.29, 0.717) is 19.7 Å². The van der Waals surface area contributed by atoms with Gasteiger partial charge in [0.1, 0.15) is 6.10 Å². The van der Waals surface area contributed by atoms with Crippen LogP contribution in [-0.4, -0.2) is 49.3 Å². The summed E-state index contributed by atoms with van der Waals surface area (Å²) in [6, 6.07) is 10.4. The first-order valence-electron chi connectivity index (χ1n) is 7.89. The largest absolute Gasteiger partial charge is 0.375 e. The summed E-state index contributed by atoms with van der Waals surface area (Å²) in [6.07, 6.45) is 3.75.